The summed E-state index contributed by atoms with van der Waals surface area (Å²) < 4.78 is 7.81. The maximum absolute atomic E-state index is 14.5. The Morgan fingerprint density at radius 1 is 0.691 bits per heavy atom. The second-order valence-corrected chi connectivity index (χ2v) is 15.8. The molecule has 0 fully saturated rings. The highest BCUT2D eigenvalue weighted by molar-refractivity contribution is 8.01. The highest BCUT2D eigenvalue weighted by Crippen LogP contribution is 2.48. The van der Waals surface area contributed by atoms with Gasteiger partial charge in [-0.1, -0.05) is 133 Å². The van der Waals surface area contributed by atoms with Crippen LogP contribution >= 0.6 is 23.7 Å². The lowest BCUT2D eigenvalue weighted by atomic mass is 9.84. The molecule has 0 unspecified atom stereocenters. The molecule has 2 atom stereocenters. The molecular weight excluding hydrogens is 733 g/mol. The third kappa shape index (κ3) is 11.3. The van der Waals surface area contributed by atoms with Gasteiger partial charge in [0, 0.05) is 18.2 Å². The van der Waals surface area contributed by atoms with E-state index in [4.69, 9.17) is 4.74 Å². The third-order valence-corrected chi connectivity index (χ3v) is 11.0. The van der Waals surface area contributed by atoms with E-state index in [9.17, 15) is 24.5 Å². The first-order valence-electron chi connectivity index (χ1n) is 17.8. The Morgan fingerprint density at radius 2 is 1.18 bits per heavy atom. The number of nitro benzene ring substituents is 1. The van der Waals surface area contributed by atoms with Crippen LogP contribution in [-0.2, 0) is 30.3 Å². The molecule has 0 bridgehead atoms. The Kier molecular flexibility index (Phi) is 14.3. The number of carbonyl (C=O) groups is 3. The lowest BCUT2D eigenvalue weighted by molar-refractivity contribution is -0.387. The predicted octanol–water partition coefficient (Wildman–Crippen LogP) is 7.47. The predicted molar refractivity (Wildman–Crippen MR) is 218 cm³/mol. The molecule has 0 radical (unpaired) electrons. The zero-order valence-electron chi connectivity index (χ0n) is 30.8. The highest BCUT2D eigenvalue weighted by Gasteiger charge is 2.39. The first kappa shape index (κ1) is 40.7. The number of benzene rings is 5. The minimum Gasteiger partial charge on any atom is -0.459 e. The van der Waals surface area contributed by atoms with Crippen LogP contribution in [0.2, 0.25) is 0 Å². The summed E-state index contributed by atoms with van der Waals surface area (Å²) in [6.07, 6.45) is 0.145. The smallest absolute Gasteiger partial charge is 0.325 e. The number of amides is 2. The van der Waals surface area contributed by atoms with Gasteiger partial charge in [0.25, 0.3) is 5.69 Å². The lowest BCUT2D eigenvalue weighted by Crippen LogP contribution is -2.54. The maximum Gasteiger partial charge on any atom is 0.325 e. The van der Waals surface area contributed by atoms with Gasteiger partial charge in [-0.3, -0.25) is 24.5 Å². The molecule has 5 rings (SSSR count). The summed E-state index contributed by atoms with van der Waals surface area (Å²) in [5, 5.41) is 17.5. The van der Waals surface area contributed by atoms with Gasteiger partial charge in [-0.2, -0.15) is 0 Å². The van der Waals surface area contributed by atoms with E-state index in [2.05, 4.69) is 51.8 Å². The maximum atomic E-state index is 14.5. The molecule has 5 aromatic rings. The minimum absolute atomic E-state index is 0.109. The van der Waals surface area contributed by atoms with E-state index in [0.29, 0.717) is 4.90 Å². The number of esters is 1. The van der Waals surface area contributed by atoms with Gasteiger partial charge < -0.3 is 15.4 Å². The first-order valence-corrected chi connectivity index (χ1v) is 19.6. The monoisotopic (exact) mass is 776 g/mol. The Labute approximate surface area is 330 Å². The Hall–Kier alpha value is -5.43. The molecule has 3 N–H and O–H groups in total. The summed E-state index contributed by atoms with van der Waals surface area (Å²) in [4.78, 5) is 52.5. The molecule has 0 saturated carbocycles. The van der Waals surface area contributed by atoms with Crippen molar-refractivity contribution in [2.75, 3.05) is 12.3 Å². The average molecular weight is 777 g/mol. The zero-order valence-corrected chi connectivity index (χ0v) is 32.5. The van der Waals surface area contributed by atoms with Gasteiger partial charge in [0.1, 0.15) is 29.1 Å². The number of thioether (sulfide) groups is 1. The molecule has 0 aliphatic rings. The van der Waals surface area contributed by atoms with Crippen molar-refractivity contribution in [2.45, 2.75) is 54.5 Å². The fraction of sp³-hybridized carbons (Fsp3) is 0.233. The van der Waals surface area contributed by atoms with Gasteiger partial charge in [0.15, 0.2) is 0 Å². The SMILES string of the molecule is CC(C)(C)OC(=O)CNC(=O)[C@@H](Cc1ccccc1)NC(=O)[C@H](CSC(c1ccccc1)(c1ccccc1)c1ccccc1)NSc1ccccc1[N+](=O)[O-]. The molecule has 0 aliphatic carbocycles. The first-order chi connectivity index (χ1) is 26.5. The second kappa shape index (κ2) is 19.2. The van der Waals surface area contributed by atoms with Crippen LogP contribution in [0.4, 0.5) is 5.69 Å². The van der Waals surface area contributed by atoms with Gasteiger partial charge in [-0.25, -0.2) is 4.72 Å². The fourth-order valence-corrected chi connectivity index (χ4v) is 8.48. The lowest BCUT2D eigenvalue weighted by Gasteiger charge is -2.36. The van der Waals surface area contributed by atoms with E-state index >= 15 is 0 Å². The normalized spacial score (nSPS) is 12.6. The quantitative estimate of drug-likeness (QED) is 0.0289. The van der Waals surface area contributed by atoms with Crippen LogP contribution in [0.1, 0.15) is 43.0 Å². The van der Waals surface area contributed by atoms with E-state index in [0.717, 1.165) is 34.2 Å². The number of rotatable bonds is 17. The number of ether oxygens (including phenoxy) is 1. The topological polar surface area (TPSA) is 140 Å². The number of carbonyl (C=O) groups excluding carboxylic acids is 3. The van der Waals surface area contributed by atoms with Crippen molar-refractivity contribution in [2.24, 2.45) is 0 Å². The molecule has 10 nitrogen and oxygen atoms in total. The Morgan fingerprint density at radius 3 is 1.69 bits per heavy atom. The Balaban J connectivity index is 1.50. The van der Waals surface area contributed by atoms with Crippen LogP contribution in [0, 0.1) is 10.1 Å². The summed E-state index contributed by atoms with van der Waals surface area (Å²) >= 11 is 2.52. The molecule has 0 saturated heterocycles. The van der Waals surface area contributed by atoms with Crippen LogP contribution in [0.3, 0.4) is 0 Å². The molecule has 0 aliphatic heterocycles. The zero-order chi connectivity index (χ0) is 39.3. The number of hydrogen-bond donors (Lipinski definition) is 3. The van der Waals surface area contributed by atoms with Crippen LogP contribution in [-0.4, -0.2) is 52.7 Å². The van der Waals surface area contributed by atoms with Crippen molar-refractivity contribution in [3.63, 3.8) is 0 Å². The molecule has 2 amide bonds. The number of nitrogens with one attached hydrogen (secondary N) is 3. The average Bonchev–Trinajstić information content (AvgIpc) is 3.19. The molecule has 0 heterocycles. The third-order valence-electron chi connectivity index (χ3n) is 8.44. The standard InChI is InChI=1S/C43H44N4O6S2/c1-42(2,3)53-39(48)29-44-40(49)35(28-31-18-8-4-9-19-31)45-41(50)36(46-55-38-27-17-16-26-37(38)47(51)52)30-54-43(32-20-10-5-11-21-32,33-22-12-6-13-23-33)34-24-14-7-15-25-34/h4-27,35-36,46H,28-30H2,1-3H3,(H,44,49)(H,45,50)/t35-,36+/m1/s1. The van der Waals surface area contributed by atoms with Gasteiger partial charge in [0.05, 0.1) is 9.67 Å². The summed E-state index contributed by atoms with van der Waals surface area (Å²) in [5.41, 5.74) is 2.92. The summed E-state index contributed by atoms with van der Waals surface area (Å²) in [7, 11) is 0. The molecule has 0 spiro atoms. The van der Waals surface area contributed by atoms with Crippen molar-refractivity contribution in [3.05, 3.63) is 178 Å². The number of nitrogens with zero attached hydrogens (tertiary/aromatic N) is 1. The molecular formula is C43H44N4O6S2. The van der Waals surface area contributed by atoms with E-state index in [1.807, 2.05) is 84.9 Å². The van der Waals surface area contributed by atoms with E-state index in [-0.39, 0.29) is 24.4 Å². The summed E-state index contributed by atoms with van der Waals surface area (Å²) in [6.45, 7) is 4.83. The van der Waals surface area contributed by atoms with E-state index in [1.165, 1.54) is 17.8 Å². The van der Waals surface area contributed by atoms with E-state index in [1.54, 1.807) is 39.0 Å². The van der Waals surface area contributed by atoms with Gasteiger partial charge >= 0.3 is 5.97 Å². The molecule has 5 aromatic carbocycles. The van der Waals surface area contributed by atoms with Crippen molar-refractivity contribution in [3.8, 4) is 0 Å². The summed E-state index contributed by atoms with van der Waals surface area (Å²) in [5.74, 6) is -1.50. The number of nitro groups is 1. The number of para-hydroxylation sites is 1. The Bertz CT molecular complexity index is 1930. The van der Waals surface area contributed by atoms with Crippen LogP contribution in [0.25, 0.3) is 0 Å². The largest absolute Gasteiger partial charge is 0.459 e. The molecule has 12 heteroatoms. The van der Waals surface area contributed by atoms with Gasteiger partial charge in [-0.15, -0.1) is 11.8 Å². The van der Waals surface area contributed by atoms with Crippen molar-refractivity contribution >= 4 is 47.2 Å². The number of hydrogen-bond acceptors (Lipinski definition) is 9. The van der Waals surface area contributed by atoms with Crippen LogP contribution in [0.5, 0.6) is 0 Å². The molecule has 284 valence electrons. The van der Waals surface area contributed by atoms with Crippen molar-refractivity contribution < 1.29 is 24.0 Å². The van der Waals surface area contributed by atoms with Gasteiger partial charge in [-0.05, 0) is 61.0 Å². The molecule has 55 heavy (non-hydrogen) atoms. The van der Waals surface area contributed by atoms with Crippen LogP contribution in [0.15, 0.2) is 150 Å². The second-order valence-electron chi connectivity index (χ2n) is 13.6. The van der Waals surface area contributed by atoms with Gasteiger partial charge in [0.2, 0.25) is 11.8 Å². The summed E-state index contributed by atoms with van der Waals surface area (Å²) in [6, 6.07) is 43.6. The van der Waals surface area contributed by atoms with Crippen LogP contribution < -0.4 is 15.4 Å². The minimum atomic E-state index is -1.06. The highest BCUT2D eigenvalue weighted by atomic mass is 32.2. The fourth-order valence-electron chi connectivity index (χ4n) is 5.96. The van der Waals surface area contributed by atoms with Crippen molar-refractivity contribution in [1.82, 2.24) is 15.4 Å². The molecule has 0 aromatic heterocycles. The van der Waals surface area contributed by atoms with E-state index < -0.39 is 45.1 Å². The van der Waals surface area contributed by atoms with Crippen molar-refractivity contribution in [1.29, 1.82) is 0 Å².